The Labute approximate surface area is 117 Å². The summed E-state index contributed by atoms with van der Waals surface area (Å²) in [5.74, 6) is 0.963. The molecule has 1 amide bonds. The zero-order valence-electron chi connectivity index (χ0n) is 10.3. The number of nitrogens with two attached hydrogens (primary N) is 1. The number of thioether (sulfide) groups is 1. The highest BCUT2D eigenvalue weighted by molar-refractivity contribution is 7.98. The van der Waals surface area contributed by atoms with Crippen LogP contribution in [0.15, 0.2) is 18.3 Å². The van der Waals surface area contributed by atoms with Gasteiger partial charge in [0.05, 0.1) is 0 Å². The van der Waals surface area contributed by atoms with E-state index in [1.807, 2.05) is 11.8 Å². The second-order valence-electron chi connectivity index (χ2n) is 3.75. The van der Waals surface area contributed by atoms with E-state index in [9.17, 15) is 4.79 Å². The van der Waals surface area contributed by atoms with Gasteiger partial charge in [0.2, 0.25) is 0 Å². The molecule has 6 heteroatoms. The number of unbranched alkanes of at least 4 members (excludes halogenated alkanes) is 1. The molecule has 0 atom stereocenters. The van der Waals surface area contributed by atoms with Gasteiger partial charge in [0.15, 0.2) is 0 Å². The first-order valence-corrected chi connectivity index (χ1v) is 7.48. The average Bonchev–Trinajstić information content (AvgIpc) is 2.38. The Morgan fingerprint density at radius 3 is 2.83 bits per heavy atom. The van der Waals surface area contributed by atoms with Gasteiger partial charge in [0, 0.05) is 18.3 Å². The van der Waals surface area contributed by atoms with Gasteiger partial charge < -0.3 is 11.1 Å². The van der Waals surface area contributed by atoms with Gasteiger partial charge in [-0.25, -0.2) is 0 Å². The molecule has 1 aromatic rings. The van der Waals surface area contributed by atoms with Crippen molar-refractivity contribution in [1.82, 2.24) is 10.3 Å². The van der Waals surface area contributed by atoms with Crippen molar-refractivity contribution in [1.29, 1.82) is 0 Å². The number of hydrogen-bond acceptors (Lipinski definition) is 4. The lowest BCUT2D eigenvalue weighted by molar-refractivity contribution is 0.0948. The molecule has 0 saturated heterocycles. The third kappa shape index (κ3) is 5.01. The number of amides is 1. The molecule has 0 unspecified atom stereocenters. The molecule has 3 N–H and O–H groups in total. The van der Waals surface area contributed by atoms with E-state index in [-0.39, 0.29) is 10.9 Å². The SMILES string of the molecule is CSCCCCNC(=O)c1ccc(C(N)=S)cn1. The van der Waals surface area contributed by atoms with Crippen molar-refractivity contribution in [2.45, 2.75) is 12.8 Å². The molecular formula is C12H17N3OS2. The molecule has 1 heterocycles. The van der Waals surface area contributed by atoms with Crippen LogP contribution in [0.3, 0.4) is 0 Å². The van der Waals surface area contributed by atoms with Crippen LogP contribution in [-0.4, -0.2) is 34.4 Å². The minimum atomic E-state index is -0.159. The number of carbonyl (C=O) groups excluding carboxylic acids is 1. The van der Waals surface area contributed by atoms with Crippen LogP contribution in [0.25, 0.3) is 0 Å². The summed E-state index contributed by atoms with van der Waals surface area (Å²) in [6.07, 6.45) is 5.68. The number of nitrogens with one attached hydrogen (secondary N) is 1. The van der Waals surface area contributed by atoms with E-state index >= 15 is 0 Å². The number of hydrogen-bond donors (Lipinski definition) is 2. The van der Waals surface area contributed by atoms with Crippen molar-refractivity contribution >= 4 is 34.9 Å². The summed E-state index contributed by atoms with van der Waals surface area (Å²) in [5.41, 5.74) is 6.51. The normalized spacial score (nSPS) is 10.1. The van der Waals surface area contributed by atoms with E-state index in [0.717, 1.165) is 18.6 Å². The maximum atomic E-state index is 11.7. The lowest BCUT2D eigenvalue weighted by Gasteiger charge is -2.05. The maximum absolute atomic E-state index is 11.7. The van der Waals surface area contributed by atoms with Crippen molar-refractivity contribution in [2.75, 3.05) is 18.6 Å². The summed E-state index contributed by atoms with van der Waals surface area (Å²) in [6.45, 7) is 0.679. The Balaban J connectivity index is 2.39. The van der Waals surface area contributed by atoms with Gasteiger partial charge in [-0.2, -0.15) is 11.8 Å². The van der Waals surface area contributed by atoms with Crippen molar-refractivity contribution in [3.63, 3.8) is 0 Å². The molecule has 0 fully saturated rings. The molecule has 18 heavy (non-hydrogen) atoms. The number of carbonyl (C=O) groups is 1. The van der Waals surface area contributed by atoms with Crippen molar-refractivity contribution in [3.8, 4) is 0 Å². The van der Waals surface area contributed by atoms with Crippen LogP contribution in [0.4, 0.5) is 0 Å². The molecule has 0 bridgehead atoms. The standard InChI is InChI=1S/C12H17N3OS2/c1-18-7-3-2-6-14-12(16)10-5-4-9(8-15-10)11(13)17/h4-5,8H,2-3,6-7H2,1H3,(H2,13,17)(H,14,16). The van der Waals surface area contributed by atoms with E-state index in [0.29, 0.717) is 17.8 Å². The van der Waals surface area contributed by atoms with E-state index in [1.54, 1.807) is 12.1 Å². The highest BCUT2D eigenvalue weighted by Gasteiger charge is 2.06. The van der Waals surface area contributed by atoms with Gasteiger partial charge in [0.1, 0.15) is 10.7 Å². The minimum Gasteiger partial charge on any atom is -0.389 e. The first kappa shape index (κ1) is 14.9. The predicted molar refractivity (Wildman–Crippen MR) is 80.1 cm³/mol. The van der Waals surface area contributed by atoms with Crippen LogP contribution < -0.4 is 11.1 Å². The van der Waals surface area contributed by atoms with Crippen molar-refractivity contribution in [3.05, 3.63) is 29.6 Å². The summed E-state index contributed by atoms with van der Waals surface area (Å²) < 4.78 is 0. The summed E-state index contributed by atoms with van der Waals surface area (Å²) in [4.78, 5) is 16.0. The molecule has 0 saturated carbocycles. The number of rotatable bonds is 7. The summed E-state index contributed by atoms with van der Waals surface area (Å²) in [7, 11) is 0. The highest BCUT2D eigenvalue weighted by atomic mass is 32.2. The fraction of sp³-hybridized carbons (Fsp3) is 0.417. The van der Waals surface area contributed by atoms with Crippen LogP contribution in [0.5, 0.6) is 0 Å². The Morgan fingerprint density at radius 2 is 2.28 bits per heavy atom. The van der Waals surface area contributed by atoms with Gasteiger partial charge in [-0.15, -0.1) is 0 Å². The molecule has 0 radical (unpaired) electrons. The molecule has 0 aliphatic carbocycles. The smallest absolute Gasteiger partial charge is 0.269 e. The average molecular weight is 283 g/mol. The Kier molecular flexibility index (Phi) is 6.67. The molecule has 1 rings (SSSR count). The molecule has 0 aliphatic heterocycles. The van der Waals surface area contributed by atoms with Gasteiger partial charge >= 0.3 is 0 Å². The van der Waals surface area contributed by atoms with E-state index < -0.39 is 0 Å². The number of pyridine rings is 1. The fourth-order valence-corrected chi connectivity index (χ4v) is 1.95. The molecule has 0 spiro atoms. The van der Waals surface area contributed by atoms with Crippen LogP contribution in [0.2, 0.25) is 0 Å². The molecule has 0 aromatic carbocycles. The molecule has 1 aromatic heterocycles. The van der Waals surface area contributed by atoms with Gasteiger partial charge in [0.25, 0.3) is 5.91 Å². The minimum absolute atomic E-state index is 0.159. The van der Waals surface area contributed by atoms with Crippen LogP contribution in [0, 0.1) is 0 Å². The highest BCUT2D eigenvalue weighted by Crippen LogP contribution is 2.01. The summed E-state index contributed by atoms with van der Waals surface area (Å²) >= 11 is 6.63. The van der Waals surface area contributed by atoms with E-state index in [2.05, 4.69) is 16.6 Å². The second kappa shape index (κ2) is 8.05. The first-order valence-electron chi connectivity index (χ1n) is 5.68. The summed E-state index contributed by atoms with van der Waals surface area (Å²) in [5, 5.41) is 2.83. The van der Waals surface area contributed by atoms with Crippen molar-refractivity contribution in [2.24, 2.45) is 5.73 Å². The topological polar surface area (TPSA) is 68.0 Å². The van der Waals surface area contributed by atoms with E-state index in [4.69, 9.17) is 18.0 Å². The number of thiocarbonyl (C=S) groups is 1. The van der Waals surface area contributed by atoms with Crippen LogP contribution in [-0.2, 0) is 0 Å². The first-order chi connectivity index (χ1) is 8.65. The van der Waals surface area contributed by atoms with Gasteiger partial charge in [-0.1, -0.05) is 12.2 Å². The lowest BCUT2D eigenvalue weighted by atomic mass is 10.2. The Bertz CT molecular complexity index is 406. The Morgan fingerprint density at radius 1 is 1.50 bits per heavy atom. The van der Waals surface area contributed by atoms with Gasteiger partial charge in [-0.3, -0.25) is 9.78 Å². The van der Waals surface area contributed by atoms with Crippen LogP contribution >= 0.6 is 24.0 Å². The lowest BCUT2D eigenvalue weighted by Crippen LogP contribution is -2.25. The third-order valence-electron chi connectivity index (χ3n) is 2.34. The van der Waals surface area contributed by atoms with Crippen molar-refractivity contribution < 1.29 is 4.79 Å². The number of nitrogens with zero attached hydrogens (tertiary/aromatic N) is 1. The second-order valence-corrected chi connectivity index (χ2v) is 5.18. The predicted octanol–water partition coefficient (Wildman–Crippen LogP) is 1.59. The van der Waals surface area contributed by atoms with E-state index in [1.165, 1.54) is 6.20 Å². The molecule has 4 nitrogen and oxygen atoms in total. The van der Waals surface area contributed by atoms with Crippen LogP contribution in [0.1, 0.15) is 28.9 Å². The Hall–Kier alpha value is -1.14. The summed E-state index contributed by atoms with van der Waals surface area (Å²) in [6, 6.07) is 3.34. The van der Waals surface area contributed by atoms with Gasteiger partial charge in [-0.05, 0) is 37.0 Å². The zero-order valence-corrected chi connectivity index (χ0v) is 11.9. The molecule has 98 valence electrons. The quantitative estimate of drug-likeness (QED) is 0.587. The fourth-order valence-electron chi connectivity index (χ4n) is 1.34. The largest absolute Gasteiger partial charge is 0.389 e. The maximum Gasteiger partial charge on any atom is 0.269 e. The third-order valence-corrected chi connectivity index (χ3v) is 3.27. The number of aromatic nitrogens is 1. The zero-order chi connectivity index (χ0) is 13.4. The monoisotopic (exact) mass is 283 g/mol. The molecule has 0 aliphatic rings. The molecular weight excluding hydrogens is 266 g/mol.